The smallest absolute Gasteiger partial charge is 0.326 e. The van der Waals surface area contributed by atoms with Gasteiger partial charge in [-0.05, 0) is 63.5 Å². The van der Waals surface area contributed by atoms with Gasteiger partial charge in [0.25, 0.3) is 0 Å². The molecule has 4 unspecified atom stereocenters. The van der Waals surface area contributed by atoms with Crippen LogP contribution in [0, 0.1) is 0 Å². The zero-order valence-corrected chi connectivity index (χ0v) is 22.5. The topological polar surface area (TPSA) is 278 Å². The Morgan fingerprint density at radius 1 is 0.816 bits per heavy atom. The lowest BCUT2D eigenvalue weighted by atomic mass is 10.1. The summed E-state index contributed by atoms with van der Waals surface area (Å²) in [5, 5.41) is 25.7. The van der Waals surface area contributed by atoms with Gasteiger partial charge in [-0.2, -0.15) is 11.8 Å². The van der Waals surface area contributed by atoms with Crippen molar-refractivity contribution in [3.8, 4) is 0 Å². The lowest BCUT2D eigenvalue weighted by molar-refractivity contribution is -0.143. The zero-order chi connectivity index (χ0) is 29.1. The van der Waals surface area contributed by atoms with Gasteiger partial charge >= 0.3 is 11.9 Å². The molecule has 16 heteroatoms. The van der Waals surface area contributed by atoms with E-state index in [4.69, 9.17) is 28.0 Å². The predicted octanol–water partition coefficient (Wildman–Crippen LogP) is -2.35. The number of carboxylic acids is 2. The van der Waals surface area contributed by atoms with Gasteiger partial charge in [0.2, 0.25) is 17.7 Å². The Kier molecular flexibility index (Phi) is 18.3. The SMILES string of the molecule is CSCCC(NC(=O)C(N)CCCN=C(N)N)C(=O)NC(CCCCN)C(=O)NC(CCC(=O)O)C(=O)O. The second kappa shape index (κ2) is 19.9. The minimum absolute atomic E-state index is 0.0709. The van der Waals surface area contributed by atoms with Crippen LogP contribution in [0.5, 0.6) is 0 Å². The molecule has 0 fully saturated rings. The maximum Gasteiger partial charge on any atom is 0.326 e. The highest BCUT2D eigenvalue weighted by molar-refractivity contribution is 7.98. The van der Waals surface area contributed by atoms with Crippen molar-refractivity contribution in [3.63, 3.8) is 0 Å². The highest BCUT2D eigenvalue weighted by Gasteiger charge is 2.30. The minimum atomic E-state index is -1.45. The summed E-state index contributed by atoms with van der Waals surface area (Å²) in [6, 6.07) is -4.48. The number of nitrogens with one attached hydrogen (secondary N) is 3. The normalized spacial score (nSPS) is 13.9. The molecule has 218 valence electrons. The van der Waals surface area contributed by atoms with E-state index in [0.717, 1.165) is 0 Å². The van der Waals surface area contributed by atoms with Gasteiger partial charge in [-0.1, -0.05) is 0 Å². The Hall–Kier alpha value is -3.11. The van der Waals surface area contributed by atoms with Crippen LogP contribution in [0.1, 0.15) is 51.4 Å². The van der Waals surface area contributed by atoms with Crippen molar-refractivity contribution in [3.05, 3.63) is 0 Å². The summed E-state index contributed by atoms with van der Waals surface area (Å²) < 4.78 is 0. The molecule has 15 nitrogen and oxygen atoms in total. The van der Waals surface area contributed by atoms with Gasteiger partial charge in [0.05, 0.1) is 6.04 Å². The van der Waals surface area contributed by atoms with E-state index in [1.54, 1.807) is 0 Å². The number of carbonyl (C=O) groups excluding carboxylic acids is 3. The van der Waals surface area contributed by atoms with E-state index < -0.39 is 60.2 Å². The number of nitrogens with two attached hydrogens (primary N) is 4. The first-order valence-corrected chi connectivity index (χ1v) is 13.7. The van der Waals surface area contributed by atoms with Crippen molar-refractivity contribution >= 4 is 47.4 Å². The minimum Gasteiger partial charge on any atom is -0.481 e. The van der Waals surface area contributed by atoms with E-state index in [1.165, 1.54) is 11.8 Å². The number of amides is 3. The largest absolute Gasteiger partial charge is 0.481 e. The van der Waals surface area contributed by atoms with E-state index in [9.17, 15) is 29.1 Å². The number of unbranched alkanes of at least 4 members (excludes halogenated alkanes) is 1. The third-order valence-electron chi connectivity index (χ3n) is 5.39. The number of thioether (sulfide) groups is 1. The fourth-order valence-corrected chi connectivity index (χ4v) is 3.74. The number of hydrogen-bond acceptors (Lipinski definition) is 9. The molecule has 0 aliphatic carbocycles. The first kappa shape index (κ1) is 34.9. The third kappa shape index (κ3) is 15.9. The fraction of sp³-hybridized carbons (Fsp3) is 0.727. The molecule has 0 rings (SSSR count). The molecule has 0 aliphatic rings. The average molecular weight is 563 g/mol. The molecule has 0 saturated carbocycles. The van der Waals surface area contributed by atoms with Crippen LogP contribution in [0.4, 0.5) is 0 Å². The van der Waals surface area contributed by atoms with Gasteiger partial charge in [-0.15, -0.1) is 0 Å². The first-order valence-electron chi connectivity index (χ1n) is 12.3. The van der Waals surface area contributed by atoms with Crippen molar-refractivity contribution < 1.29 is 34.2 Å². The Bertz CT molecular complexity index is 811. The summed E-state index contributed by atoms with van der Waals surface area (Å²) >= 11 is 1.46. The number of guanidine groups is 1. The fourth-order valence-electron chi connectivity index (χ4n) is 3.27. The number of aliphatic carboxylic acids is 2. The Balaban J connectivity index is 5.42. The molecule has 0 heterocycles. The highest BCUT2D eigenvalue weighted by atomic mass is 32.2. The quantitative estimate of drug-likeness (QED) is 0.0404. The van der Waals surface area contributed by atoms with Crippen molar-refractivity contribution in [2.45, 2.75) is 75.5 Å². The average Bonchev–Trinajstić information content (AvgIpc) is 2.85. The van der Waals surface area contributed by atoms with Crippen molar-refractivity contribution in [2.75, 3.05) is 25.1 Å². The molecule has 0 bridgehead atoms. The number of hydrogen-bond donors (Lipinski definition) is 9. The number of aliphatic imine (C=N–C) groups is 1. The summed E-state index contributed by atoms with van der Waals surface area (Å²) in [6.07, 6.45) is 3.20. The van der Waals surface area contributed by atoms with Crippen LogP contribution in [0.25, 0.3) is 0 Å². The lowest BCUT2D eigenvalue weighted by Crippen LogP contribution is -2.57. The van der Waals surface area contributed by atoms with E-state index in [0.29, 0.717) is 38.1 Å². The second-order valence-electron chi connectivity index (χ2n) is 8.58. The van der Waals surface area contributed by atoms with Gasteiger partial charge < -0.3 is 49.1 Å². The molecule has 38 heavy (non-hydrogen) atoms. The van der Waals surface area contributed by atoms with Crippen molar-refractivity contribution in [1.29, 1.82) is 0 Å². The summed E-state index contributed by atoms with van der Waals surface area (Å²) in [4.78, 5) is 64.8. The highest BCUT2D eigenvalue weighted by Crippen LogP contribution is 2.08. The van der Waals surface area contributed by atoms with Crippen LogP contribution in [0.2, 0.25) is 0 Å². The molecular formula is C22H42N8O7S. The van der Waals surface area contributed by atoms with Gasteiger partial charge in [-0.25, -0.2) is 4.79 Å². The molecule has 0 saturated heterocycles. The maximum atomic E-state index is 13.1. The molecule has 13 N–H and O–H groups in total. The first-order chi connectivity index (χ1) is 17.9. The number of carbonyl (C=O) groups is 5. The molecular weight excluding hydrogens is 520 g/mol. The second-order valence-corrected chi connectivity index (χ2v) is 9.56. The Morgan fingerprint density at radius 2 is 1.39 bits per heavy atom. The monoisotopic (exact) mass is 562 g/mol. The Morgan fingerprint density at radius 3 is 1.92 bits per heavy atom. The molecule has 4 atom stereocenters. The summed E-state index contributed by atoms with van der Waals surface area (Å²) in [7, 11) is 0. The zero-order valence-electron chi connectivity index (χ0n) is 21.7. The summed E-state index contributed by atoms with van der Waals surface area (Å²) in [5.74, 6) is -4.12. The lowest BCUT2D eigenvalue weighted by Gasteiger charge is -2.25. The van der Waals surface area contributed by atoms with Crippen LogP contribution in [0.15, 0.2) is 4.99 Å². The summed E-state index contributed by atoms with van der Waals surface area (Å²) in [6.45, 7) is 0.648. The van der Waals surface area contributed by atoms with Gasteiger partial charge in [-0.3, -0.25) is 24.2 Å². The van der Waals surface area contributed by atoms with E-state index >= 15 is 0 Å². The molecule has 0 aliphatic heterocycles. The summed E-state index contributed by atoms with van der Waals surface area (Å²) in [5.41, 5.74) is 22.0. The van der Waals surface area contributed by atoms with Crippen LogP contribution >= 0.6 is 11.8 Å². The molecule has 0 spiro atoms. The molecule has 0 aromatic carbocycles. The standard InChI is InChI=1S/C22H42N8O7S/c1-38-12-9-15(28-18(33)13(24)5-4-11-27-22(25)26)20(35)29-14(6-2-3-10-23)19(34)30-16(21(36)37)7-8-17(31)32/h13-16H,2-12,23-24H2,1H3,(H,28,33)(H,29,35)(H,30,34)(H,31,32)(H,36,37)(H4,25,26,27). The van der Waals surface area contributed by atoms with Crippen molar-refractivity contribution in [2.24, 2.45) is 27.9 Å². The van der Waals surface area contributed by atoms with E-state index in [1.807, 2.05) is 6.26 Å². The van der Waals surface area contributed by atoms with Gasteiger partial charge in [0.1, 0.15) is 18.1 Å². The number of carboxylic acid groups (broad SMARTS) is 2. The molecule has 0 aromatic rings. The molecule has 0 aromatic heterocycles. The number of nitrogens with zero attached hydrogens (tertiary/aromatic N) is 1. The van der Waals surface area contributed by atoms with Crippen LogP contribution in [-0.4, -0.2) is 95.1 Å². The maximum absolute atomic E-state index is 13.1. The predicted molar refractivity (Wildman–Crippen MR) is 144 cm³/mol. The molecule has 0 radical (unpaired) electrons. The molecule has 3 amide bonds. The van der Waals surface area contributed by atoms with Gasteiger partial charge in [0, 0.05) is 13.0 Å². The van der Waals surface area contributed by atoms with Crippen LogP contribution < -0.4 is 38.9 Å². The third-order valence-corrected chi connectivity index (χ3v) is 6.03. The van der Waals surface area contributed by atoms with Gasteiger partial charge in [0.15, 0.2) is 5.96 Å². The van der Waals surface area contributed by atoms with E-state index in [-0.39, 0.29) is 31.6 Å². The van der Waals surface area contributed by atoms with Crippen molar-refractivity contribution in [1.82, 2.24) is 16.0 Å². The number of rotatable bonds is 21. The van der Waals surface area contributed by atoms with E-state index in [2.05, 4.69) is 20.9 Å². The van der Waals surface area contributed by atoms with Crippen LogP contribution in [-0.2, 0) is 24.0 Å². The van der Waals surface area contributed by atoms with Crippen LogP contribution in [0.3, 0.4) is 0 Å². The Labute approximate surface area is 226 Å².